The van der Waals surface area contributed by atoms with Crippen LogP contribution in [0.25, 0.3) is 0 Å². The SMILES string of the molecule is CC(C)CCN(CCC(F)(F)F)C(=O)OC(C)(C)C. The Kier molecular flexibility index (Phi) is 6.66. The quantitative estimate of drug-likeness (QED) is 0.756. The number of nitrogens with zero attached hydrogens (tertiary/aromatic N) is 1. The number of halogens is 3. The van der Waals surface area contributed by atoms with Crippen LogP contribution in [-0.4, -0.2) is 35.9 Å². The molecule has 1 amide bonds. The molecule has 0 aliphatic carbocycles. The lowest BCUT2D eigenvalue weighted by Crippen LogP contribution is -2.39. The molecule has 0 N–H and O–H groups in total. The maximum absolute atomic E-state index is 12.2. The number of hydrogen-bond donors (Lipinski definition) is 0. The van der Waals surface area contributed by atoms with Crippen molar-refractivity contribution in [2.24, 2.45) is 5.92 Å². The van der Waals surface area contributed by atoms with Gasteiger partial charge < -0.3 is 9.64 Å². The topological polar surface area (TPSA) is 29.5 Å². The molecule has 0 atom stereocenters. The van der Waals surface area contributed by atoms with Gasteiger partial charge in [-0.1, -0.05) is 13.8 Å². The van der Waals surface area contributed by atoms with E-state index in [1.807, 2.05) is 13.8 Å². The number of amides is 1. The monoisotopic (exact) mass is 283 g/mol. The summed E-state index contributed by atoms with van der Waals surface area (Å²) >= 11 is 0. The predicted molar refractivity (Wildman–Crippen MR) is 67.9 cm³/mol. The van der Waals surface area contributed by atoms with Crippen molar-refractivity contribution in [3.05, 3.63) is 0 Å². The lowest BCUT2D eigenvalue weighted by atomic mass is 10.1. The Hall–Kier alpha value is -0.940. The lowest BCUT2D eigenvalue weighted by Gasteiger charge is -2.28. The Bertz CT molecular complexity index is 283. The Labute approximate surface area is 113 Å². The normalized spacial score (nSPS) is 12.7. The molecule has 19 heavy (non-hydrogen) atoms. The van der Waals surface area contributed by atoms with Crippen LogP contribution in [0.1, 0.15) is 47.5 Å². The van der Waals surface area contributed by atoms with Crippen LogP contribution < -0.4 is 0 Å². The number of carbonyl (C=O) groups excluding carboxylic acids is 1. The van der Waals surface area contributed by atoms with Crippen molar-refractivity contribution in [2.75, 3.05) is 13.1 Å². The molecule has 0 aromatic rings. The van der Waals surface area contributed by atoms with Crippen LogP contribution in [-0.2, 0) is 4.74 Å². The average molecular weight is 283 g/mol. The Morgan fingerprint density at radius 3 is 2.05 bits per heavy atom. The van der Waals surface area contributed by atoms with Gasteiger partial charge in [0.15, 0.2) is 0 Å². The zero-order valence-corrected chi connectivity index (χ0v) is 12.3. The summed E-state index contributed by atoms with van der Waals surface area (Å²) in [5.41, 5.74) is -0.703. The molecule has 6 heteroatoms. The molecule has 0 aliphatic rings. The minimum Gasteiger partial charge on any atom is -0.444 e. The van der Waals surface area contributed by atoms with Crippen LogP contribution in [0.2, 0.25) is 0 Å². The van der Waals surface area contributed by atoms with Gasteiger partial charge >= 0.3 is 12.3 Å². The van der Waals surface area contributed by atoms with Gasteiger partial charge in [-0.3, -0.25) is 0 Å². The molecule has 0 unspecified atom stereocenters. The summed E-state index contributed by atoms with van der Waals surface area (Å²) in [6, 6.07) is 0. The highest BCUT2D eigenvalue weighted by molar-refractivity contribution is 5.68. The maximum atomic E-state index is 12.2. The van der Waals surface area contributed by atoms with E-state index in [1.54, 1.807) is 20.8 Å². The fraction of sp³-hybridized carbons (Fsp3) is 0.923. The van der Waals surface area contributed by atoms with Crippen molar-refractivity contribution < 1.29 is 22.7 Å². The molecule has 0 saturated heterocycles. The summed E-state index contributed by atoms with van der Waals surface area (Å²) in [7, 11) is 0. The summed E-state index contributed by atoms with van der Waals surface area (Å²) in [6.07, 6.45) is -5.31. The van der Waals surface area contributed by atoms with E-state index in [2.05, 4.69) is 0 Å². The van der Waals surface area contributed by atoms with Crippen LogP contribution in [0.3, 0.4) is 0 Å². The van der Waals surface area contributed by atoms with E-state index in [1.165, 1.54) is 0 Å². The van der Waals surface area contributed by atoms with Gasteiger partial charge in [0.1, 0.15) is 5.60 Å². The fourth-order valence-corrected chi connectivity index (χ4v) is 1.30. The van der Waals surface area contributed by atoms with Crippen molar-refractivity contribution in [1.29, 1.82) is 0 Å². The fourth-order valence-electron chi connectivity index (χ4n) is 1.30. The molecule has 0 fully saturated rings. The third kappa shape index (κ3) is 10.7. The largest absolute Gasteiger partial charge is 0.444 e. The minimum absolute atomic E-state index is 0.280. The Balaban J connectivity index is 4.52. The second kappa shape index (κ2) is 7.01. The first-order chi connectivity index (χ1) is 8.41. The van der Waals surface area contributed by atoms with E-state index in [4.69, 9.17) is 4.74 Å². The smallest absolute Gasteiger partial charge is 0.410 e. The molecule has 0 radical (unpaired) electrons. The Morgan fingerprint density at radius 2 is 1.68 bits per heavy atom. The van der Waals surface area contributed by atoms with Gasteiger partial charge in [-0.15, -0.1) is 0 Å². The van der Waals surface area contributed by atoms with Crippen molar-refractivity contribution in [2.45, 2.75) is 59.2 Å². The van der Waals surface area contributed by atoms with Gasteiger partial charge in [0.05, 0.1) is 6.42 Å². The third-order valence-electron chi connectivity index (χ3n) is 2.29. The molecule has 0 aromatic carbocycles. The first-order valence-corrected chi connectivity index (χ1v) is 6.45. The number of alkyl halides is 3. The maximum Gasteiger partial charge on any atom is 0.410 e. The van der Waals surface area contributed by atoms with Gasteiger partial charge in [-0.2, -0.15) is 13.2 Å². The highest BCUT2D eigenvalue weighted by Crippen LogP contribution is 2.21. The zero-order valence-electron chi connectivity index (χ0n) is 12.3. The van der Waals surface area contributed by atoms with E-state index < -0.39 is 24.3 Å². The lowest BCUT2D eigenvalue weighted by molar-refractivity contribution is -0.137. The molecule has 3 nitrogen and oxygen atoms in total. The van der Waals surface area contributed by atoms with Gasteiger partial charge in [-0.25, -0.2) is 4.79 Å². The van der Waals surface area contributed by atoms with E-state index in [0.717, 1.165) is 4.90 Å². The Morgan fingerprint density at radius 1 is 1.16 bits per heavy atom. The van der Waals surface area contributed by atoms with Crippen LogP contribution in [0.4, 0.5) is 18.0 Å². The minimum atomic E-state index is -4.27. The van der Waals surface area contributed by atoms with Crippen LogP contribution in [0.5, 0.6) is 0 Å². The number of carbonyl (C=O) groups is 1. The van der Waals surface area contributed by atoms with Crippen molar-refractivity contribution in [3.63, 3.8) is 0 Å². The molecule has 0 saturated carbocycles. The molecule has 114 valence electrons. The highest BCUT2D eigenvalue weighted by Gasteiger charge is 2.30. The van der Waals surface area contributed by atoms with Gasteiger partial charge in [0.25, 0.3) is 0 Å². The molecule has 0 heterocycles. The number of hydrogen-bond acceptors (Lipinski definition) is 2. The highest BCUT2D eigenvalue weighted by atomic mass is 19.4. The van der Waals surface area contributed by atoms with Crippen LogP contribution in [0, 0.1) is 5.92 Å². The summed E-state index contributed by atoms with van der Waals surface area (Å²) in [4.78, 5) is 13.0. The van der Waals surface area contributed by atoms with E-state index in [-0.39, 0.29) is 13.1 Å². The van der Waals surface area contributed by atoms with E-state index >= 15 is 0 Å². The van der Waals surface area contributed by atoms with E-state index in [9.17, 15) is 18.0 Å². The predicted octanol–water partition coefficient (Wildman–Crippen LogP) is 4.22. The average Bonchev–Trinajstić information content (AvgIpc) is 2.12. The molecule has 0 rings (SSSR count). The zero-order chi connectivity index (χ0) is 15.3. The number of rotatable bonds is 5. The summed E-state index contributed by atoms with van der Waals surface area (Å²) < 4.78 is 41.8. The number of ether oxygens (including phenoxy) is 1. The molecule has 0 spiro atoms. The van der Waals surface area contributed by atoms with Gasteiger partial charge in [0.2, 0.25) is 0 Å². The summed E-state index contributed by atoms with van der Waals surface area (Å²) in [6.45, 7) is 8.90. The van der Waals surface area contributed by atoms with Gasteiger partial charge in [0, 0.05) is 13.1 Å². The molecule has 0 aromatic heterocycles. The second-order valence-corrected chi connectivity index (χ2v) is 6.02. The summed E-state index contributed by atoms with van der Waals surface area (Å²) in [5, 5.41) is 0. The van der Waals surface area contributed by atoms with Gasteiger partial charge in [-0.05, 0) is 33.1 Å². The van der Waals surface area contributed by atoms with Crippen LogP contribution >= 0.6 is 0 Å². The first-order valence-electron chi connectivity index (χ1n) is 6.45. The third-order valence-corrected chi connectivity index (χ3v) is 2.29. The molecular weight excluding hydrogens is 259 g/mol. The molecule has 0 bridgehead atoms. The second-order valence-electron chi connectivity index (χ2n) is 6.02. The summed E-state index contributed by atoms with van der Waals surface area (Å²) in [5.74, 6) is 0.316. The molecule has 0 aliphatic heterocycles. The van der Waals surface area contributed by atoms with E-state index in [0.29, 0.717) is 12.3 Å². The van der Waals surface area contributed by atoms with Crippen LogP contribution in [0.15, 0.2) is 0 Å². The standard InChI is InChI=1S/C13H24F3NO2/c1-10(2)6-8-17(9-7-13(14,15)16)11(18)19-12(3,4)5/h10H,6-9H2,1-5H3. The first kappa shape index (κ1) is 18.1. The molecular formula is C13H24F3NO2. The van der Waals surface area contributed by atoms with Crippen molar-refractivity contribution in [1.82, 2.24) is 4.90 Å². The van der Waals surface area contributed by atoms with Crippen molar-refractivity contribution in [3.8, 4) is 0 Å². The van der Waals surface area contributed by atoms with Crippen molar-refractivity contribution >= 4 is 6.09 Å².